The highest BCUT2D eigenvalue weighted by molar-refractivity contribution is 7.89. The Bertz CT molecular complexity index is 1240. The zero-order valence-electron chi connectivity index (χ0n) is 16.9. The van der Waals surface area contributed by atoms with E-state index in [0.717, 1.165) is 14.7 Å². The molecule has 0 spiro atoms. The molecule has 0 aliphatic rings. The van der Waals surface area contributed by atoms with Gasteiger partial charge < -0.3 is 0 Å². The molecule has 3 aromatic rings. The molecule has 0 bridgehead atoms. The lowest BCUT2D eigenvalue weighted by molar-refractivity contribution is 0.102. The molecule has 0 saturated heterocycles. The van der Waals surface area contributed by atoms with Gasteiger partial charge in [0, 0.05) is 37.7 Å². The number of nitrogens with one attached hydrogen (secondary N) is 1. The molecule has 0 aliphatic heterocycles. The molecule has 2 aromatic carbocycles. The van der Waals surface area contributed by atoms with Crippen molar-refractivity contribution in [3.8, 4) is 22.6 Å². The summed E-state index contributed by atoms with van der Waals surface area (Å²) < 4.78 is 26.8. The Hall–Kier alpha value is -3.57. The van der Waals surface area contributed by atoms with E-state index in [4.69, 9.17) is 10.5 Å². The molecule has 1 heterocycles. The SMILES string of the molecule is N#CCCN(CCC#N)S(=O)(=O)c1ccc(C(=O)Nc2ncc(-c3ccccc3)s2)cc1. The smallest absolute Gasteiger partial charge is 0.257 e. The van der Waals surface area contributed by atoms with Crippen molar-refractivity contribution in [3.63, 3.8) is 0 Å². The molecule has 8 nitrogen and oxygen atoms in total. The third kappa shape index (κ3) is 5.56. The Morgan fingerprint density at radius 1 is 1.00 bits per heavy atom. The Morgan fingerprint density at radius 2 is 1.62 bits per heavy atom. The van der Waals surface area contributed by atoms with Gasteiger partial charge in [-0.25, -0.2) is 13.4 Å². The van der Waals surface area contributed by atoms with Crippen LogP contribution in [-0.2, 0) is 10.0 Å². The minimum atomic E-state index is -3.89. The summed E-state index contributed by atoms with van der Waals surface area (Å²) in [5, 5.41) is 20.7. The number of aromatic nitrogens is 1. The van der Waals surface area contributed by atoms with Gasteiger partial charge in [0.1, 0.15) is 0 Å². The summed E-state index contributed by atoms with van der Waals surface area (Å²) in [4.78, 5) is 17.7. The fraction of sp³-hybridized carbons (Fsp3) is 0.182. The van der Waals surface area contributed by atoms with Crippen LogP contribution in [0.2, 0.25) is 0 Å². The molecule has 0 fully saturated rings. The van der Waals surface area contributed by atoms with Crippen LogP contribution in [0.15, 0.2) is 65.7 Å². The highest BCUT2D eigenvalue weighted by Crippen LogP contribution is 2.29. The van der Waals surface area contributed by atoms with Gasteiger partial charge >= 0.3 is 0 Å². The van der Waals surface area contributed by atoms with Crippen LogP contribution in [0, 0.1) is 22.7 Å². The third-order valence-corrected chi connectivity index (χ3v) is 7.36. The first-order valence-corrected chi connectivity index (χ1v) is 11.9. The Morgan fingerprint density at radius 3 is 2.22 bits per heavy atom. The van der Waals surface area contributed by atoms with E-state index in [-0.39, 0.29) is 36.4 Å². The van der Waals surface area contributed by atoms with Gasteiger partial charge in [-0.3, -0.25) is 10.1 Å². The summed E-state index contributed by atoms with van der Waals surface area (Å²) in [5.74, 6) is -0.409. The zero-order valence-corrected chi connectivity index (χ0v) is 18.6. The van der Waals surface area contributed by atoms with Crippen LogP contribution in [0.4, 0.5) is 5.13 Å². The minimum Gasteiger partial charge on any atom is -0.298 e. The van der Waals surface area contributed by atoms with E-state index in [9.17, 15) is 13.2 Å². The molecular formula is C22H19N5O3S2. The average Bonchev–Trinajstić information content (AvgIpc) is 3.28. The standard InChI is InChI=1S/C22H19N5O3S2/c23-12-4-14-27(15-5-13-24)32(29,30)19-10-8-18(9-11-19)21(28)26-22-25-16-20(31-22)17-6-2-1-3-7-17/h1-3,6-11,16H,4-5,14-15H2,(H,25,26,28). The van der Waals surface area contributed by atoms with Crippen LogP contribution >= 0.6 is 11.3 Å². The first-order valence-electron chi connectivity index (χ1n) is 9.62. The van der Waals surface area contributed by atoms with Crippen molar-refractivity contribution in [1.82, 2.24) is 9.29 Å². The lowest BCUT2D eigenvalue weighted by atomic mass is 10.2. The van der Waals surface area contributed by atoms with Gasteiger partial charge in [-0.1, -0.05) is 41.7 Å². The van der Waals surface area contributed by atoms with Crippen LogP contribution in [0.1, 0.15) is 23.2 Å². The Labute approximate surface area is 190 Å². The second-order valence-electron chi connectivity index (χ2n) is 6.59. The predicted molar refractivity (Wildman–Crippen MR) is 121 cm³/mol. The molecule has 0 saturated carbocycles. The summed E-state index contributed by atoms with van der Waals surface area (Å²) in [7, 11) is -3.89. The Kier molecular flexibility index (Phi) is 7.68. The first kappa shape index (κ1) is 23.1. The van der Waals surface area contributed by atoms with E-state index in [2.05, 4.69) is 10.3 Å². The number of nitriles is 2. The number of carbonyl (C=O) groups is 1. The lowest BCUT2D eigenvalue weighted by Crippen LogP contribution is -2.32. The maximum absolute atomic E-state index is 12.9. The van der Waals surface area contributed by atoms with Gasteiger partial charge in [0.05, 0.1) is 21.9 Å². The van der Waals surface area contributed by atoms with Crippen molar-refractivity contribution in [1.29, 1.82) is 10.5 Å². The number of carbonyl (C=O) groups excluding carboxylic acids is 1. The van der Waals surface area contributed by atoms with Gasteiger partial charge in [0.2, 0.25) is 10.0 Å². The topological polar surface area (TPSA) is 127 Å². The molecule has 0 aliphatic carbocycles. The van der Waals surface area contributed by atoms with Crippen molar-refractivity contribution in [2.24, 2.45) is 0 Å². The molecule has 1 aromatic heterocycles. The van der Waals surface area contributed by atoms with Crippen molar-refractivity contribution in [2.75, 3.05) is 18.4 Å². The first-order chi connectivity index (χ1) is 15.5. The largest absolute Gasteiger partial charge is 0.298 e. The number of hydrogen-bond donors (Lipinski definition) is 1. The van der Waals surface area contributed by atoms with Crippen molar-refractivity contribution < 1.29 is 13.2 Å². The average molecular weight is 466 g/mol. The van der Waals surface area contributed by atoms with Gasteiger partial charge in [0.25, 0.3) is 5.91 Å². The second kappa shape index (κ2) is 10.6. The molecule has 32 heavy (non-hydrogen) atoms. The maximum Gasteiger partial charge on any atom is 0.257 e. The molecule has 162 valence electrons. The zero-order chi connectivity index (χ0) is 23.0. The van der Waals surface area contributed by atoms with Gasteiger partial charge in [0.15, 0.2) is 5.13 Å². The van der Waals surface area contributed by atoms with E-state index < -0.39 is 15.9 Å². The number of amides is 1. The summed E-state index contributed by atoms with van der Waals surface area (Å²) in [6.45, 7) is -0.00685. The highest BCUT2D eigenvalue weighted by atomic mass is 32.2. The quantitative estimate of drug-likeness (QED) is 0.511. The number of rotatable bonds is 9. The maximum atomic E-state index is 12.9. The minimum absolute atomic E-state index is 0.00343. The predicted octanol–water partition coefficient (Wildman–Crippen LogP) is 3.88. The number of thiazole rings is 1. The molecule has 0 atom stereocenters. The fourth-order valence-electron chi connectivity index (χ4n) is 2.87. The summed E-state index contributed by atoms with van der Waals surface area (Å²) >= 11 is 1.34. The van der Waals surface area contributed by atoms with E-state index in [0.29, 0.717) is 5.13 Å². The molecule has 10 heteroatoms. The van der Waals surface area contributed by atoms with Crippen LogP contribution in [0.25, 0.3) is 10.4 Å². The monoisotopic (exact) mass is 465 g/mol. The molecule has 1 N–H and O–H groups in total. The number of anilines is 1. The summed E-state index contributed by atoms with van der Waals surface area (Å²) in [6, 6.07) is 19.0. The van der Waals surface area contributed by atoms with Crippen LogP contribution in [0.5, 0.6) is 0 Å². The number of hydrogen-bond acceptors (Lipinski definition) is 7. The van der Waals surface area contributed by atoms with Crippen LogP contribution < -0.4 is 5.32 Å². The van der Waals surface area contributed by atoms with E-state index in [1.54, 1.807) is 6.20 Å². The van der Waals surface area contributed by atoms with Crippen LogP contribution in [0.3, 0.4) is 0 Å². The van der Waals surface area contributed by atoms with Crippen molar-refractivity contribution in [2.45, 2.75) is 17.7 Å². The van der Waals surface area contributed by atoms with E-state index in [1.165, 1.54) is 35.6 Å². The number of nitrogens with zero attached hydrogens (tertiary/aromatic N) is 4. The van der Waals surface area contributed by atoms with Crippen molar-refractivity contribution >= 4 is 32.4 Å². The van der Waals surface area contributed by atoms with Gasteiger partial charge in [-0.2, -0.15) is 14.8 Å². The Balaban J connectivity index is 1.72. The normalized spacial score (nSPS) is 11.0. The molecule has 0 unspecified atom stereocenters. The molecule has 1 amide bonds. The number of benzene rings is 2. The lowest BCUT2D eigenvalue weighted by Gasteiger charge is -2.20. The number of sulfonamides is 1. The molecule has 0 radical (unpaired) electrons. The second-order valence-corrected chi connectivity index (χ2v) is 9.56. The van der Waals surface area contributed by atoms with Crippen LogP contribution in [-0.4, -0.2) is 36.7 Å². The van der Waals surface area contributed by atoms with Gasteiger partial charge in [-0.15, -0.1) is 0 Å². The molecular weight excluding hydrogens is 446 g/mol. The summed E-state index contributed by atoms with van der Waals surface area (Å²) in [6.07, 6.45) is 1.72. The molecule has 3 rings (SSSR count). The third-order valence-electron chi connectivity index (χ3n) is 4.48. The summed E-state index contributed by atoms with van der Waals surface area (Å²) in [5.41, 5.74) is 1.28. The van der Waals surface area contributed by atoms with E-state index >= 15 is 0 Å². The highest BCUT2D eigenvalue weighted by Gasteiger charge is 2.24. The van der Waals surface area contributed by atoms with Gasteiger partial charge in [-0.05, 0) is 29.8 Å². The van der Waals surface area contributed by atoms with E-state index in [1.807, 2.05) is 42.5 Å². The fourth-order valence-corrected chi connectivity index (χ4v) is 5.12. The van der Waals surface area contributed by atoms with Crippen molar-refractivity contribution in [3.05, 3.63) is 66.4 Å².